The zero-order chi connectivity index (χ0) is 26.9. The first-order chi connectivity index (χ1) is 18.2. The van der Waals surface area contributed by atoms with E-state index in [1.165, 1.54) is 44.6 Å². The number of alkyl halides is 3. The van der Waals surface area contributed by atoms with E-state index in [9.17, 15) is 17.6 Å². The number of halogens is 5. The summed E-state index contributed by atoms with van der Waals surface area (Å²) in [6.07, 6.45) is 8.47. The Labute approximate surface area is 223 Å². The van der Waals surface area contributed by atoms with E-state index in [0.29, 0.717) is 11.5 Å². The molecule has 0 heterocycles. The van der Waals surface area contributed by atoms with E-state index in [0.717, 1.165) is 79.5 Å². The molecule has 0 bridgehead atoms. The molecule has 2 aromatic rings. The average molecular weight is 535 g/mol. The van der Waals surface area contributed by atoms with Gasteiger partial charge in [-0.05, 0) is 135 Å². The van der Waals surface area contributed by atoms with Crippen LogP contribution in [-0.2, 0) is 0 Å². The highest BCUT2D eigenvalue weighted by Gasteiger charge is 2.34. The van der Waals surface area contributed by atoms with Crippen LogP contribution in [0.4, 0.5) is 22.0 Å². The molecule has 0 spiro atoms. The Hall–Kier alpha value is -2.11. The minimum atomic E-state index is -4.92. The van der Waals surface area contributed by atoms with Crippen LogP contribution < -0.4 is 4.74 Å². The second-order valence-corrected chi connectivity index (χ2v) is 12.2. The minimum Gasteiger partial charge on any atom is -0.403 e. The first-order valence-corrected chi connectivity index (χ1v) is 14.5. The highest BCUT2D eigenvalue weighted by atomic mass is 19.4. The van der Waals surface area contributed by atoms with E-state index < -0.39 is 17.9 Å². The number of ether oxygens (including phenoxy) is 1. The van der Waals surface area contributed by atoms with Crippen molar-refractivity contribution < 1.29 is 26.7 Å². The van der Waals surface area contributed by atoms with Crippen molar-refractivity contribution in [3.8, 4) is 5.75 Å². The molecule has 0 aromatic heterocycles. The summed E-state index contributed by atoms with van der Waals surface area (Å²) in [6, 6.07) is 9.58. The van der Waals surface area contributed by atoms with Gasteiger partial charge < -0.3 is 4.74 Å². The van der Waals surface area contributed by atoms with Crippen LogP contribution in [0.2, 0.25) is 0 Å². The Morgan fingerprint density at radius 2 is 1.08 bits per heavy atom. The quantitative estimate of drug-likeness (QED) is 0.347. The van der Waals surface area contributed by atoms with Gasteiger partial charge in [-0.1, -0.05) is 38.0 Å². The molecule has 0 atom stereocenters. The van der Waals surface area contributed by atoms with Crippen molar-refractivity contribution in [3.05, 3.63) is 64.7 Å². The number of benzene rings is 2. The van der Waals surface area contributed by atoms with E-state index in [4.69, 9.17) is 0 Å². The lowest BCUT2D eigenvalue weighted by Gasteiger charge is -2.37. The van der Waals surface area contributed by atoms with Gasteiger partial charge in [-0.3, -0.25) is 0 Å². The molecule has 0 aliphatic heterocycles. The van der Waals surface area contributed by atoms with Gasteiger partial charge in [-0.25, -0.2) is 8.78 Å². The fourth-order valence-electron chi connectivity index (χ4n) is 7.53. The minimum absolute atomic E-state index is 0.0468. The molecule has 38 heavy (non-hydrogen) atoms. The van der Waals surface area contributed by atoms with Gasteiger partial charge in [0.25, 0.3) is 0 Å². The van der Waals surface area contributed by atoms with Crippen molar-refractivity contribution in [2.24, 2.45) is 17.8 Å². The zero-order valence-corrected chi connectivity index (χ0v) is 22.2. The second kappa shape index (κ2) is 11.6. The number of rotatable bonds is 5. The van der Waals surface area contributed by atoms with Crippen molar-refractivity contribution in [1.82, 2.24) is 0 Å². The summed E-state index contributed by atoms with van der Waals surface area (Å²) in [5.41, 5.74) is 2.56. The maximum Gasteiger partial charge on any atom is 0.573 e. The molecule has 0 amide bonds. The fourth-order valence-corrected chi connectivity index (χ4v) is 7.53. The van der Waals surface area contributed by atoms with Crippen LogP contribution in [0.15, 0.2) is 36.4 Å². The van der Waals surface area contributed by atoms with Gasteiger partial charge in [0.2, 0.25) is 0 Å². The topological polar surface area (TPSA) is 9.23 Å². The maximum absolute atomic E-state index is 15.3. The highest BCUT2D eigenvalue weighted by Crippen LogP contribution is 2.45. The van der Waals surface area contributed by atoms with E-state index in [2.05, 4.69) is 17.7 Å². The van der Waals surface area contributed by atoms with Crippen LogP contribution in [0.5, 0.6) is 5.75 Å². The molecule has 0 radical (unpaired) electrons. The summed E-state index contributed by atoms with van der Waals surface area (Å²) in [5.74, 6) is 1.30. The first-order valence-electron chi connectivity index (χ1n) is 14.5. The fraction of sp³-hybridized carbons (Fsp3) is 0.625. The molecule has 3 fully saturated rings. The lowest BCUT2D eigenvalue weighted by molar-refractivity contribution is -0.275. The molecular weight excluding hydrogens is 495 g/mol. The van der Waals surface area contributed by atoms with Crippen molar-refractivity contribution >= 4 is 0 Å². The van der Waals surface area contributed by atoms with Gasteiger partial charge in [-0.15, -0.1) is 13.2 Å². The second-order valence-electron chi connectivity index (χ2n) is 12.2. The summed E-state index contributed by atoms with van der Waals surface area (Å²) in [5, 5.41) is 0. The number of hydrogen-bond acceptors (Lipinski definition) is 1. The third-order valence-electron chi connectivity index (χ3n) is 9.81. The standard InChI is InChI=1S/C32H39F5O/c1-20-2-4-21(5-3-20)22-6-8-23(9-7-22)26-14-16-28(29(33)18-26)25-12-10-24(11-13-25)27-15-17-31(30(34)19-27)38-32(35,36)37/h14-25H,2-13H2,1H3. The van der Waals surface area contributed by atoms with E-state index >= 15 is 4.39 Å². The Balaban J connectivity index is 1.14. The normalized spacial score (nSPS) is 30.7. The molecule has 6 heteroatoms. The predicted molar refractivity (Wildman–Crippen MR) is 139 cm³/mol. The zero-order valence-electron chi connectivity index (χ0n) is 22.2. The van der Waals surface area contributed by atoms with E-state index in [-0.39, 0.29) is 17.7 Å². The summed E-state index contributed by atoms with van der Waals surface area (Å²) in [4.78, 5) is 0. The van der Waals surface area contributed by atoms with Crippen LogP contribution in [0.3, 0.4) is 0 Å². The predicted octanol–water partition coefficient (Wildman–Crippen LogP) is 10.4. The Morgan fingerprint density at radius 1 is 0.605 bits per heavy atom. The van der Waals surface area contributed by atoms with E-state index in [1.54, 1.807) is 6.07 Å². The Morgan fingerprint density at radius 3 is 1.61 bits per heavy atom. The smallest absolute Gasteiger partial charge is 0.403 e. The van der Waals surface area contributed by atoms with E-state index in [1.807, 2.05) is 6.07 Å². The van der Waals surface area contributed by atoms with Gasteiger partial charge in [0, 0.05) is 0 Å². The molecule has 0 N–H and O–H groups in total. The molecule has 208 valence electrons. The molecule has 1 nitrogen and oxygen atoms in total. The summed E-state index contributed by atoms with van der Waals surface area (Å²) in [7, 11) is 0. The molecular formula is C32H39F5O. The molecule has 5 rings (SSSR count). The van der Waals surface area contributed by atoms with Crippen molar-refractivity contribution in [2.45, 2.75) is 108 Å². The molecule has 0 unspecified atom stereocenters. The lowest BCUT2D eigenvalue weighted by atomic mass is 9.68. The lowest BCUT2D eigenvalue weighted by Crippen LogP contribution is -2.24. The SMILES string of the molecule is CC1CCC(C2CCC(c3ccc(C4CCC(c5ccc(OC(F)(F)F)c(F)c5)CC4)c(F)c3)CC2)CC1. The third kappa shape index (κ3) is 6.54. The summed E-state index contributed by atoms with van der Waals surface area (Å²) >= 11 is 0. The number of hydrogen-bond donors (Lipinski definition) is 0. The van der Waals surface area contributed by atoms with Crippen molar-refractivity contribution in [1.29, 1.82) is 0 Å². The third-order valence-corrected chi connectivity index (χ3v) is 9.81. The Kier molecular flexibility index (Phi) is 8.35. The van der Waals surface area contributed by atoms with Crippen LogP contribution >= 0.6 is 0 Å². The molecule has 3 aliphatic carbocycles. The molecule has 3 saturated carbocycles. The molecule has 0 saturated heterocycles. The van der Waals surface area contributed by atoms with Gasteiger partial charge in [0.1, 0.15) is 5.82 Å². The average Bonchev–Trinajstić information content (AvgIpc) is 2.90. The van der Waals surface area contributed by atoms with Gasteiger partial charge in [0.15, 0.2) is 11.6 Å². The van der Waals surface area contributed by atoms with Crippen LogP contribution in [0.25, 0.3) is 0 Å². The highest BCUT2D eigenvalue weighted by molar-refractivity contribution is 5.33. The summed E-state index contributed by atoms with van der Waals surface area (Å²) < 4.78 is 70.5. The largest absolute Gasteiger partial charge is 0.573 e. The Bertz CT molecular complexity index is 1070. The monoisotopic (exact) mass is 534 g/mol. The van der Waals surface area contributed by atoms with Crippen molar-refractivity contribution in [2.75, 3.05) is 0 Å². The van der Waals surface area contributed by atoms with Crippen LogP contribution in [-0.4, -0.2) is 6.36 Å². The van der Waals surface area contributed by atoms with Gasteiger partial charge in [0.05, 0.1) is 0 Å². The first kappa shape index (κ1) is 27.5. The summed E-state index contributed by atoms with van der Waals surface area (Å²) in [6.45, 7) is 2.37. The van der Waals surface area contributed by atoms with Gasteiger partial charge in [-0.2, -0.15) is 0 Å². The molecule has 3 aliphatic rings. The van der Waals surface area contributed by atoms with Crippen LogP contribution in [0, 0.1) is 29.4 Å². The van der Waals surface area contributed by atoms with Gasteiger partial charge >= 0.3 is 6.36 Å². The molecule has 2 aromatic carbocycles. The maximum atomic E-state index is 15.3. The van der Waals surface area contributed by atoms with Crippen LogP contribution in [0.1, 0.15) is 118 Å². The van der Waals surface area contributed by atoms with Crippen molar-refractivity contribution in [3.63, 3.8) is 0 Å².